The summed E-state index contributed by atoms with van der Waals surface area (Å²) in [6.45, 7) is 0.885. The summed E-state index contributed by atoms with van der Waals surface area (Å²) in [7, 11) is 0. The lowest BCUT2D eigenvalue weighted by molar-refractivity contribution is -0.135. The zero-order valence-corrected chi connectivity index (χ0v) is 8.72. The maximum atomic E-state index is 11.0. The van der Waals surface area contributed by atoms with Crippen LogP contribution in [0.3, 0.4) is 0 Å². The van der Waals surface area contributed by atoms with Gasteiger partial charge in [-0.1, -0.05) is 0 Å². The number of carboxylic acid groups (broad SMARTS) is 1. The highest BCUT2D eigenvalue weighted by atomic mass is 16.4. The van der Waals surface area contributed by atoms with Crippen molar-refractivity contribution in [1.29, 1.82) is 0 Å². The molecule has 88 valence electrons. The SMILES string of the molecule is O=C(O)CNC(=O)NCCCn1ccnc1. The van der Waals surface area contributed by atoms with Gasteiger partial charge in [0, 0.05) is 25.5 Å². The van der Waals surface area contributed by atoms with E-state index in [1.165, 1.54) is 0 Å². The molecule has 1 rings (SSSR count). The predicted octanol–water partition coefficient (Wildman–Crippen LogP) is -0.343. The molecule has 1 aromatic heterocycles. The quantitative estimate of drug-likeness (QED) is 0.578. The van der Waals surface area contributed by atoms with Crippen LogP contribution < -0.4 is 10.6 Å². The number of nitrogens with zero attached hydrogens (tertiary/aromatic N) is 2. The van der Waals surface area contributed by atoms with Gasteiger partial charge in [-0.3, -0.25) is 4.79 Å². The number of aliphatic carboxylic acids is 1. The van der Waals surface area contributed by atoms with E-state index >= 15 is 0 Å². The Labute approximate surface area is 92.5 Å². The van der Waals surface area contributed by atoms with E-state index in [0.717, 1.165) is 13.0 Å². The topological polar surface area (TPSA) is 96.3 Å². The standard InChI is InChI=1S/C9H14N4O3/c14-8(15)6-12-9(16)11-2-1-4-13-5-3-10-7-13/h3,5,7H,1-2,4,6H2,(H,14,15)(H2,11,12,16). The molecule has 1 heterocycles. The van der Waals surface area contributed by atoms with Crippen molar-refractivity contribution in [3.05, 3.63) is 18.7 Å². The van der Waals surface area contributed by atoms with E-state index in [2.05, 4.69) is 15.6 Å². The number of hydrogen-bond donors (Lipinski definition) is 3. The number of urea groups is 1. The first-order chi connectivity index (χ1) is 7.68. The normalized spacial score (nSPS) is 9.75. The highest BCUT2D eigenvalue weighted by molar-refractivity contribution is 5.79. The van der Waals surface area contributed by atoms with Crippen molar-refractivity contribution in [2.24, 2.45) is 0 Å². The maximum absolute atomic E-state index is 11.0. The number of carbonyl (C=O) groups is 2. The average Bonchev–Trinajstić information content (AvgIpc) is 2.74. The van der Waals surface area contributed by atoms with E-state index < -0.39 is 12.0 Å². The van der Waals surface area contributed by atoms with Gasteiger partial charge in [0.15, 0.2) is 0 Å². The third kappa shape index (κ3) is 4.99. The molecule has 0 radical (unpaired) electrons. The molecule has 0 bridgehead atoms. The highest BCUT2D eigenvalue weighted by Gasteiger charge is 2.01. The van der Waals surface area contributed by atoms with Crippen LogP contribution in [0, 0.1) is 0 Å². The van der Waals surface area contributed by atoms with E-state index in [1.807, 2.05) is 10.8 Å². The Morgan fingerprint density at radius 1 is 1.38 bits per heavy atom. The number of hydrogen-bond acceptors (Lipinski definition) is 3. The molecule has 2 amide bonds. The zero-order valence-electron chi connectivity index (χ0n) is 8.72. The van der Waals surface area contributed by atoms with E-state index in [-0.39, 0.29) is 6.54 Å². The third-order valence-corrected chi connectivity index (χ3v) is 1.84. The Morgan fingerprint density at radius 2 is 2.19 bits per heavy atom. The molecule has 0 atom stereocenters. The van der Waals surface area contributed by atoms with Crippen molar-refractivity contribution in [3.63, 3.8) is 0 Å². The van der Waals surface area contributed by atoms with Gasteiger partial charge < -0.3 is 20.3 Å². The molecular formula is C9H14N4O3. The van der Waals surface area contributed by atoms with Crippen molar-refractivity contribution >= 4 is 12.0 Å². The number of carboxylic acids is 1. The van der Waals surface area contributed by atoms with Gasteiger partial charge in [0.25, 0.3) is 0 Å². The minimum Gasteiger partial charge on any atom is -0.480 e. The second kappa shape index (κ2) is 6.44. The highest BCUT2D eigenvalue weighted by Crippen LogP contribution is 1.88. The van der Waals surface area contributed by atoms with E-state index in [9.17, 15) is 9.59 Å². The fourth-order valence-corrected chi connectivity index (χ4v) is 1.10. The number of rotatable bonds is 6. The first-order valence-electron chi connectivity index (χ1n) is 4.87. The lowest BCUT2D eigenvalue weighted by atomic mass is 10.4. The summed E-state index contributed by atoms with van der Waals surface area (Å²) in [5.41, 5.74) is 0. The second-order valence-electron chi connectivity index (χ2n) is 3.16. The number of aryl methyl sites for hydroxylation is 1. The summed E-state index contributed by atoms with van der Waals surface area (Å²) in [6.07, 6.45) is 5.98. The minimum absolute atomic E-state index is 0.368. The minimum atomic E-state index is -1.06. The van der Waals surface area contributed by atoms with Crippen LogP contribution in [0.2, 0.25) is 0 Å². The molecule has 1 aromatic rings. The molecule has 3 N–H and O–H groups in total. The largest absolute Gasteiger partial charge is 0.480 e. The fraction of sp³-hybridized carbons (Fsp3) is 0.444. The number of imidazole rings is 1. The van der Waals surface area contributed by atoms with Crippen LogP contribution in [0.15, 0.2) is 18.7 Å². The van der Waals surface area contributed by atoms with Gasteiger partial charge in [-0.25, -0.2) is 9.78 Å². The summed E-state index contributed by atoms with van der Waals surface area (Å²) in [5.74, 6) is -1.06. The summed E-state index contributed by atoms with van der Waals surface area (Å²) >= 11 is 0. The predicted molar refractivity (Wildman–Crippen MR) is 55.9 cm³/mol. The van der Waals surface area contributed by atoms with Crippen LogP contribution in [0.25, 0.3) is 0 Å². The monoisotopic (exact) mass is 226 g/mol. The molecule has 16 heavy (non-hydrogen) atoms. The second-order valence-corrected chi connectivity index (χ2v) is 3.16. The Morgan fingerprint density at radius 3 is 2.81 bits per heavy atom. The summed E-state index contributed by atoms with van der Waals surface area (Å²) in [4.78, 5) is 25.0. The summed E-state index contributed by atoms with van der Waals surface area (Å²) in [6, 6.07) is -0.465. The first-order valence-corrected chi connectivity index (χ1v) is 4.87. The van der Waals surface area contributed by atoms with E-state index in [1.54, 1.807) is 12.5 Å². The van der Waals surface area contributed by atoms with Gasteiger partial charge in [0.1, 0.15) is 6.54 Å². The Kier molecular flexibility index (Phi) is 4.84. The van der Waals surface area contributed by atoms with Crippen LogP contribution in [-0.2, 0) is 11.3 Å². The molecule has 7 heteroatoms. The Hall–Kier alpha value is -2.05. The van der Waals surface area contributed by atoms with Crippen molar-refractivity contribution in [1.82, 2.24) is 20.2 Å². The van der Waals surface area contributed by atoms with Gasteiger partial charge in [0.2, 0.25) is 0 Å². The van der Waals surface area contributed by atoms with Gasteiger partial charge in [-0.05, 0) is 6.42 Å². The van der Waals surface area contributed by atoms with Crippen molar-refractivity contribution in [3.8, 4) is 0 Å². The molecule has 0 unspecified atom stereocenters. The maximum Gasteiger partial charge on any atom is 0.323 e. The molecule has 0 aliphatic carbocycles. The molecular weight excluding hydrogens is 212 g/mol. The van der Waals surface area contributed by atoms with Crippen molar-refractivity contribution in [2.45, 2.75) is 13.0 Å². The van der Waals surface area contributed by atoms with E-state index in [4.69, 9.17) is 5.11 Å². The summed E-state index contributed by atoms with van der Waals surface area (Å²) in [5, 5.41) is 13.1. The van der Waals surface area contributed by atoms with Gasteiger partial charge >= 0.3 is 12.0 Å². The lowest BCUT2D eigenvalue weighted by Crippen LogP contribution is -2.38. The van der Waals surface area contributed by atoms with Gasteiger partial charge in [-0.2, -0.15) is 0 Å². The Bertz CT molecular complexity index is 337. The third-order valence-electron chi connectivity index (χ3n) is 1.84. The molecule has 7 nitrogen and oxygen atoms in total. The van der Waals surface area contributed by atoms with Crippen LogP contribution in [0.1, 0.15) is 6.42 Å². The molecule has 0 spiro atoms. The Balaban J connectivity index is 2.02. The molecule has 0 saturated heterocycles. The summed E-state index contributed by atoms with van der Waals surface area (Å²) < 4.78 is 1.90. The van der Waals surface area contributed by atoms with Crippen LogP contribution in [0.4, 0.5) is 4.79 Å². The molecule has 0 fully saturated rings. The van der Waals surface area contributed by atoms with Crippen LogP contribution >= 0.6 is 0 Å². The lowest BCUT2D eigenvalue weighted by Gasteiger charge is -2.05. The zero-order chi connectivity index (χ0) is 11.8. The van der Waals surface area contributed by atoms with Crippen LogP contribution in [-0.4, -0.2) is 39.7 Å². The van der Waals surface area contributed by atoms with Gasteiger partial charge in [0.05, 0.1) is 6.33 Å². The first kappa shape index (κ1) is 12.0. The van der Waals surface area contributed by atoms with Crippen LogP contribution in [0.5, 0.6) is 0 Å². The smallest absolute Gasteiger partial charge is 0.323 e. The molecule has 0 aliphatic rings. The van der Waals surface area contributed by atoms with Crippen molar-refractivity contribution < 1.29 is 14.7 Å². The van der Waals surface area contributed by atoms with Gasteiger partial charge in [-0.15, -0.1) is 0 Å². The number of carbonyl (C=O) groups excluding carboxylic acids is 1. The average molecular weight is 226 g/mol. The van der Waals surface area contributed by atoms with E-state index in [0.29, 0.717) is 6.54 Å². The molecule has 0 aromatic carbocycles. The molecule has 0 aliphatic heterocycles. The number of aromatic nitrogens is 2. The number of nitrogens with one attached hydrogen (secondary N) is 2. The number of amides is 2. The van der Waals surface area contributed by atoms with Crippen molar-refractivity contribution in [2.75, 3.05) is 13.1 Å². The molecule has 0 saturated carbocycles. The fourth-order valence-electron chi connectivity index (χ4n) is 1.10.